The molecule has 2 aromatic heterocycles. The maximum absolute atomic E-state index is 14.7. The van der Waals surface area contributed by atoms with Crippen LogP contribution in [0.2, 0.25) is 0 Å². The number of hydrogen-bond donors (Lipinski definition) is 1. The van der Waals surface area contributed by atoms with Crippen LogP contribution >= 0.6 is 0 Å². The van der Waals surface area contributed by atoms with E-state index in [1.165, 1.54) is 36.7 Å². The lowest BCUT2D eigenvalue weighted by Gasteiger charge is -2.40. The van der Waals surface area contributed by atoms with Gasteiger partial charge in [0.15, 0.2) is 18.2 Å². The maximum atomic E-state index is 14.7. The zero-order chi connectivity index (χ0) is 25.6. The van der Waals surface area contributed by atoms with Crippen molar-refractivity contribution in [1.29, 1.82) is 0 Å². The number of anilines is 1. The highest BCUT2D eigenvalue weighted by Crippen LogP contribution is 2.41. The summed E-state index contributed by atoms with van der Waals surface area (Å²) in [6.45, 7) is 2.18. The highest BCUT2D eigenvalue weighted by Gasteiger charge is 2.46. The summed E-state index contributed by atoms with van der Waals surface area (Å²) in [4.78, 5) is 14.7. The number of amides is 1. The number of nitrogens with one attached hydrogen (secondary N) is 1. The Bertz CT molecular complexity index is 1260. The fraction of sp³-hybridized carbons (Fsp3) is 0.400. The van der Waals surface area contributed by atoms with Gasteiger partial charge in [-0.25, -0.2) is 17.6 Å². The molecular formula is C25H25F4N5O2. The molecule has 2 aliphatic heterocycles. The number of hydrogen-bond acceptors (Lipinski definition) is 4. The quantitative estimate of drug-likeness (QED) is 0.327. The molecule has 0 saturated carbocycles. The van der Waals surface area contributed by atoms with E-state index in [1.807, 2.05) is 0 Å². The number of carbonyl (C=O) groups excluding carboxylic acids is 1. The smallest absolute Gasteiger partial charge is 0.257 e. The van der Waals surface area contributed by atoms with Gasteiger partial charge in [0.25, 0.3) is 5.92 Å². The normalized spacial score (nSPS) is 22.2. The van der Waals surface area contributed by atoms with Crippen LogP contribution in [0.5, 0.6) is 0 Å². The Kier molecular flexibility index (Phi) is 6.19. The lowest BCUT2D eigenvalue weighted by molar-refractivity contribution is -0.605. The number of benzene rings is 1. The number of aryl methyl sites for hydroxylation is 1. The first-order valence-corrected chi connectivity index (χ1v) is 11.8. The van der Waals surface area contributed by atoms with Crippen LogP contribution in [0.15, 0.2) is 48.8 Å². The highest BCUT2D eigenvalue weighted by atomic mass is 19.3. The number of piperidine rings is 1. The van der Waals surface area contributed by atoms with Gasteiger partial charge in [-0.05, 0) is 36.6 Å². The van der Waals surface area contributed by atoms with Crippen molar-refractivity contribution in [1.82, 2.24) is 14.7 Å². The second kappa shape index (κ2) is 9.20. The molecule has 1 amide bonds. The van der Waals surface area contributed by atoms with Crippen molar-refractivity contribution in [3.63, 3.8) is 0 Å². The summed E-state index contributed by atoms with van der Waals surface area (Å²) in [7, 11) is 0. The molecule has 0 radical (unpaired) electrons. The van der Waals surface area contributed by atoms with Crippen LogP contribution in [-0.2, 0) is 11.3 Å². The van der Waals surface area contributed by atoms with Crippen LogP contribution in [-0.4, -0.2) is 45.6 Å². The number of alkyl halides is 2. The molecule has 0 spiro atoms. The molecule has 1 fully saturated rings. The van der Waals surface area contributed by atoms with Gasteiger partial charge in [0.1, 0.15) is 11.6 Å². The van der Waals surface area contributed by atoms with Gasteiger partial charge < -0.3 is 10.5 Å². The molecule has 1 N–H and O–H groups in total. The summed E-state index contributed by atoms with van der Waals surface area (Å²) in [6, 6.07) is 7.15. The molecule has 3 atom stereocenters. The maximum Gasteiger partial charge on any atom is 0.257 e. The molecule has 5 rings (SSSR count). The third-order valence-corrected chi connectivity index (χ3v) is 7.15. The molecule has 1 saturated heterocycles. The number of nitrogens with zero attached hydrogens (tertiary/aromatic N) is 4. The minimum Gasteiger partial charge on any atom is -0.619 e. The molecule has 11 heteroatoms. The lowest BCUT2D eigenvalue weighted by atomic mass is 9.87. The molecule has 0 bridgehead atoms. The third-order valence-electron chi connectivity index (χ3n) is 7.15. The van der Waals surface area contributed by atoms with Gasteiger partial charge in [-0.15, -0.1) is 0 Å². The van der Waals surface area contributed by atoms with Gasteiger partial charge in [0, 0.05) is 61.9 Å². The Morgan fingerprint density at radius 2 is 1.83 bits per heavy atom. The third kappa shape index (κ3) is 4.67. The molecule has 190 valence electrons. The van der Waals surface area contributed by atoms with Gasteiger partial charge in [-0.2, -0.15) is 9.83 Å². The fourth-order valence-electron chi connectivity index (χ4n) is 5.15. The summed E-state index contributed by atoms with van der Waals surface area (Å²) in [5, 5.41) is 18.5. The van der Waals surface area contributed by atoms with E-state index in [9.17, 15) is 27.6 Å². The predicted octanol–water partition coefficient (Wildman–Crippen LogP) is 3.78. The predicted molar refractivity (Wildman–Crippen MR) is 122 cm³/mol. The number of pyridine rings is 1. The Morgan fingerprint density at radius 3 is 2.53 bits per heavy atom. The van der Waals surface area contributed by atoms with Crippen LogP contribution in [0.3, 0.4) is 0 Å². The van der Waals surface area contributed by atoms with E-state index in [0.717, 1.165) is 11.8 Å². The topological polar surface area (TPSA) is 77.1 Å². The molecule has 1 aromatic carbocycles. The molecule has 7 nitrogen and oxygen atoms in total. The zero-order valence-corrected chi connectivity index (χ0v) is 19.5. The molecule has 2 unspecified atom stereocenters. The van der Waals surface area contributed by atoms with Crippen LogP contribution < -0.4 is 10.0 Å². The molecule has 36 heavy (non-hydrogen) atoms. The summed E-state index contributed by atoms with van der Waals surface area (Å²) in [5.74, 6) is -5.77. The van der Waals surface area contributed by atoms with Crippen molar-refractivity contribution in [2.45, 2.75) is 50.1 Å². The minimum absolute atomic E-state index is 0.0410. The van der Waals surface area contributed by atoms with Gasteiger partial charge in [0.2, 0.25) is 5.91 Å². The van der Waals surface area contributed by atoms with Gasteiger partial charge in [-0.1, -0.05) is 0 Å². The molecule has 3 aromatic rings. The first kappa shape index (κ1) is 24.2. The van der Waals surface area contributed by atoms with Crippen LogP contribution in [0.4, 0.5) is 23.4 Å². The molecular weight excluding hydrogens is 478 g/mol. The largest absolute Gasteiger partial charge is 0.619 e. The Labute approximate surface area is 204 Å². The lowest BCUT2D eigenvalue weighted by Crippen LogP contribution is -2.52. The molecule has 0 aliphatic carbocycles. The summed E-state index contributed by atoms with van der Waals surface area (Å²) < 4.78 is 59.0. The molecule has 2 aliphatic rings. The van der Waals surface area contributed by atoms with Gasteiger partial charge >= 0.3 is 0 Å². The summed E-state index contributed by atoms with van der Waals surface area (Å²) in [5.41, 5.74) is 1.58. The number of rotatable bonds is 5. The Morgan fingerprint density at radius 1 is 1.14 bits per heavy atom. The van der Waals surface area contributed by atoms with Gasteiger partial charge in [-0.3, -0.25) is 14.4 Å². The SMILES string of the molecule is CC(C(=O)Nc1cc2n(n1)CCC2c1cc(F)cc(F)c1)N1CCC(F)(F)[C@@H](c2cc[n+]([O-])cc2)C1. The number of fused-ring (bicyclic) bond motifs is 1. The average molecular weight is 504 g/mol. The number of halogens is 4. The monoisotopic (exact) mass is 503 g/mol. The van der Waals surface area contributed by atoms with E-state index >= 15 is 0 Å². The van der Waals surface area contributed by atoms with E-state index in [0.29, 0.717) is 34.6 Å². The minimum atomic E-state index is -2.96. The van der Waals surface area contributed by atoms with E-state index < -0.39 is 41.8 Å². The van der Waals surface area contributed by atoms with Crippen molar-refractivity contribution >= 4 is 11.7 Å². The molecule has 4 heterocycles. The standard InChI is InChI=1S/C25H25F4N5O2/c1-15(32-9-5-25(28,29)21(14-32)16-2-6-33(36)7-3-16)24(35)30-23-13-22-20(4-8-34(22)31-23)17-10-18(26)12-19(27)11-17/h2-3,6-7,10-13,15,20-21H,4-5,8-9,14H2,1H3,(H,30,31,35)/t15?,20?,21-/m1/s1. The summed E-state index contributed by atoms with van der Waals surface area (Å²) >= 11 is 0. The number of aromatic nitrogens is 3. The number of likely N-dealkylation sites (tertiary alicyclic amines) is 1. The van der Waals surface area contributed by atoms with Crippen LogP contribution in [0.25, 0.3) is 0 Å². The zero-order valence-electron chi connectivity index (χ0n) is 19.5. The van der Waals surface area contributed by atoms with Crippen molar-refractivity contribution in [2.24, 2.45) is 0 Å². The summed E-state index contributed by atoms with van der Waals surface area (Å²) in [6.07, 6.45) is 2.59. The Balaban J connectivity index is 1.28. The van der Waals surface area contributed by atoms with Gasteiger partial charge in [0.05, 0.1) is 12.0 Å². The fourth-order valence-corrected chi connectivity index (χ4v) is 5.15. The van der Waals surface area contributed by atoms with Crippen molar-refractivity contribution in [3.8, 4) is 0 Å². The average Bonchev–Trinajstić information content (AvgIpc) is 3.39. The first-order valence-electron chi connectivity index (χ1n) is 11.8. The van der Waals surface area contributed by atoms with E-state index in [1.54, 1.807) is 22.6 Å². The van der Waals surface area contributed by atoms with Crippen molar-refractivity contribution in [2.75, 3.05) is 18.4 Å². The Hall–Kier alpha value is -3.47. The van der Waals surface area contributed by atoms with E-state index in [-0.39, 0.29) is 19.0 Å². The van der Waals surface area contributed by atoms with Crippen molar-refractivity contribution in [3.05, 3.63) is 82.5 Å². The van der Waals surface area contributed by atoms with Crippen LogP contribution in [0.1, 0.15) is 48.4 Å². The van der Waals surface area contributed by atoms with Crippen molar-refractivity contribution < 1.29 is 27.1 Å². The second-order valence-corrected chi connectivity index (χ2v) is 9.44. The van der Waals surface area contributed by atoms with E-state index in [2.05, 4.69) is 10.4 Å². The van der Waals surface area contributed by atoms with Crippen LogP contribution in [0, 0.1) is 16.8 Å². The number of carbonyl (C=O) groups is 1. The second-order valence-electron chi connectivity index (χ2n) is 9.44. The van der Waals surface area contributed by atoms with E-state index in [4.69, 9.17) is 0 Å². The highest BCUT2D eigenvalue weighted by molar-refractivity contribution is 5.93. The first-order chi connectivity index (χ1) is 17.1.